The van der Waals surface area contributed by atoms with Gasteiger partial charge in [-0.05, 0) is 18.9 Å². The molecule has 1 aromatic rings. The SMILES string of the molecule is CCCC(=O)NCc1cccnc1N1CCN(C(=O)CCC)CC1. The highest BCUT2D eigenvalue weighted by Crippen LogP contribution is 2.19. The van der Waals surface area contributed by atoms with E-state index in [1.165, 1.54) is 0 Å². The van der Waals surface area contributed by atoms with Gasteiger partial charge in [0.05, 0.1) is 0 Å². The van der Waals surface area contributed by atoms with E-state index in [1.54, 1.807) is 6.20 Å². The molecule has 0 aliphatic carbocycles. The van der Waals surface area contributed by atoms with E-state index in [0.29, 0.717) is 19.4 Å². The van der Waals surface area contributed by atoms with Crippen LogP contribution >= 0.6 is 0 Å². The number of rotatable bonds is 7. The zero-order valence-corrected chi connectivity index (χ0v) is 14.8. The van der Waals surface area contributed by atoms with E-state index in [1.807, 2.05) is 30.9 Å². The van der Waals surface area contributed by atoms with E-state index < -0.39 is 0 Å². The van der Waals surface area contributed by atoms with Gasteiger partial charge in [-0.25, -0.2) is 4.98 Å². The van der Waals surface area contributed by atoms with Gasteiger partial charge in [0.25, 0.3) is 0 Å². The molecule has 0 saturated carbocycles. The number of nitrogens with zero attached hydrogens (tertiary/aromatic N) is 3. The Labute approximate surface area is 144 Å². The summed E-state index contributed by atoms with van der Waals surface area (Å²) in [7, 11) is 0. The van der Waals surface area contributed by atoms with Crippen LogP contribution < -0.4 is 10.2 Å². The summed E-state index contributed by atoms with van der Waals surface area (Å²) in [5.74, 6) is 1.23. The van der Waals surface area contributed by atoms with E-state index in [4.69, 9.17) is 0 Å². The lowest BCUT2D eigenvalue weighted by Crippen LogP contribution is -2.49. The molecule has 1 N–H and O–H groups in total. The molecule has 132 valence electrons. The van der Waals surface area contributed by atoms with Crippen molar-refractivity contribution in [2.24, 2.45) is 0 Å². The maximum atomic E-state index is 12.0. The monoisotopic (exact) mass is 332 g/mol. The summed E-state index contributed by atoms with van der Waals surface area (Å²) in [5.41, 5.74) is 1.02. The molecule has 0 bridgehead atoms. The average molecular weight is 332 g/mol. The quantitative estimate of drug-likeness (QED) is 0.829. The van der Waals surface area contributed by atoms with Crippen LogP contribution in [0.25, 0.3) is 0 Å². The number of nitrogens with one attached hydrogen (secondary N) is 1. The van der Waals surface area contributed by atoms with Gasteiger partial charge in [0.2, 0.25) is 11.8 Å². The molecule has 1 aromatic heterocycles. The second kappa shape index (κ2) is 9.25. The molecular weight excluding hydrogens is 304 g/mol. The molecule has 1 aliphatic rings. The highest BCUT2D eigenvalue weighted by atomic mass is 16.2. The third-order valence-corrected chi connectivity index (χ3v) is 4.22. The molecule has 1 aliphatic heterocycles. The number of carbonyl (C=O) groups excluding carboxylic acids is 2. The molecule has 2 amide bonds. The standard InChI is InChI=1S/C18H28N4O2/c1-3-6-16(23)20-14-15-8-5-9-19-18(15)22-12-10-21(11-13-22)17(24)7-4-2/h5,8-9H,3-4,6-7,10-14H2,1-2H3,(H,20,23). The molecule has 6 nitrogen and oxygen atoms in total. The van der Waals surface area contributed by atoms with Gasteiger partial charge in [0.15, 0.2) is 0 Å². The van der Waals surface area contributed by atoms with Crippen LogP contribution in [-0.2, 0) is 16.1 Å². The Bertz CT molecular complexity index is 554. The van der Waals surface area contributed by atoms with E-state index >= 15 is 0 Å². The van der Waals surface area contributed by atoms with Gasteiger partial charge in [-0.3, -0.25) is 9.59 Å². The molecule has 2 rings (SSSR count). The lowest BCUT2D eigenvalue weighted by Gasteiger charge is -2.36. The van der Waals surface area contributed by atoms with Crippen LogP contribution in [0.5, 0.6) is 0 Å². The summed E-state index contributed by atoms with van der Waals surface area (Å²) in [6.07, 6.45) is 4.69. The predicted octanol–water partition coefficient (Wildman–Crippen LogP) is 1.95. The normalized spacial score (nSPS) is 14.6. The van der Waals surface area contributed by atoms with Crippen LogP contribution in [0.1, 0.15) is 45.1 Å². The van der Waals surface area contributed by atoms with Gasteiger partial charge in [-0.2, -0.15) is 0 Å². The van der Waals surface area contributed by atoms with Gasteiger partial charge in [-0.15, -0.1) is 0 Å². The Kier molecular flexibility index (Phi) is 7.03. The molecule has 2 heterocycles. The fourth-order valence-corrected chi connectivity index (χ4v) is 2.90. The Morgan fingerprint density at radius 1 is 1.12 bits per heavy atom. The van der Waals surface area contributed by atoms with Crippen molar-refractivity contribution < 1.29 is 9.59 Å². The van der Waals surface area contributed by atoms with Crippen LogP contribution in [-0.4, -0.2) is 47.9 Å². The third-order valence-electron chi connectivity index (χ3n) is 4.22. The fraction of sp³-hybridized carbons (Fsp3) is 0.611. The lowest BCUT2D eigenvalue weighted by atomic mass is 10.2. The first-order valence-corrected chi connectivity index (χ1v) is 8.89. The summed E-state index contributed by atoms with van der Waals surface area (Å²) in [6.45, 7) is 7.55. The molecule has 6 heteroatoms. The summed E-state index contributed by atoms with van der Waals surface area (Å²) in [6, 6.07) is 3.90. The van der Waals surface area contributed by atoms with Gasteiger partial charge in [-0.1, -0.05) is 19.9 Å². The van der Waals surface area contributed by atoms with Crippen molar-refractivity contribution in [3.63, 3.8) is 0 Å². The largest absolute Gasteiger partial charge is 0.353 e. The number of aromatic nitrogens is 1. The predicted molar refractivity (Wildman–Crippen MR) is 94.7 cm³/mol. The van der Waals surface area contributed by atoms with Crippen LogP contribution in [0.4, 0.5) is 5.82 Å². The van der Waals surface area contributed by atoms with Crippen molar-refractivity contribution in [1.82, 2.24) is 15.2 Å². The van der Waals surface area contributed by atoms with E-state index in [2.05, 4.69) is 15.2 Å². The highest BCUT2D eigenvalue weighted by Gasteiger charge is 2.22. The molecule has 0 atom stereocenters. The maximum Gasteiger partial charge on any atom is 0.222 e. The molecule has 1 fully saturated rings. The Hall–Kier alpha value is -2.11. The first-order chi connectivity index (χ1) is 11.7. The summed E-state index contributed by atoms with van der Waals surface area (Å²) >= 11 is 0. The fourth-order valence-electron chi connectivity index (χ4n) is 2.90. The number of pyridine rings is 1. The molecule has 24 heavy (non-hydrogen) atoms. The van der Waals surface area contributed by atoms with E-state index in [0.717, 1.165) is 50.4 Å². The minimum Gasteiger partial charge on any atom is -0.353 e. The third kappa shape index (κ3) is 4.94. The minimum absolute atomic E-state index is 0.0716. The van der Waals surface area contributed by atoms with Gasteiger partial charge in [0.1, 0.15) is 5.82 Å². The summed E-state index contributed by atoms with van der Waals surface area (Å²) < 4.78 is 0. The highest BCUT2D eigenvalue weighted by molar-refractivity contribution is 5.76. The van der Waals surface area contributed by atoms with Crippen molar-refractivity contribution in [1.29, 1.82) is 0 Å². The number of carbonyl (C=O) groups is 2. The molecular formula is C18H28N4O2. The number of piperazine rings is 1. The minimum atomic E-state index is 0.0716. The number of anilines is 1. The molecule has 0 unspecified atom stereocenters. The van der Waals surface area contributed by atoms with Gasteiger partial charge in [0, 0.05) is 57.3 Å². The Balaban J connectivity index is 1.95. The lowest BCUT2D eigenvalue weighted by molar-refractivity contribution is -0.131. The van der Waals surface area contributed by atoms with Crippen molar-refractivity contribution in [3.8, 4) is 0 Å². The van der Waals surface area contributed by atoms with Crippen molar-refractivity contribution >= 4 is 17.6 Å². The Morgan fingerprint density at radius 2 is 1.83 bits per heavy atom. The summed E-state index contributed by atoms with van der Waals surface area (Å²) in [4.78, 5) is 32.3. The molecule has 0 spiro atoms. The molecule has 1 saturated heterocycles. The number of hydrogen-bond acceptors (Lipinski definition) is 4. The number of amides is 2. The van der Waals surface area contributed by atoms with E-state index in [9.17, 15) is 9.59 Å². The van der Waals surface area contributed by atoms with Crippen LogP contribution in [0.15, 0.2) is 18.3 Å². The van der Waals surface area contributed by atoms with Crippen LogP contribution in [0, 0.1) is 0 Å². The molecule has 0 radical (unpaired) electrons. The smallest absolute Gasteiger partial charge is 0.222 e. The topological polar surface area (TPSA) is 65.5 Å². The van der Waals surface area contributed by atoms with E-state index in [-0.39, 0.29) is 11.8 Å². The second-order valence-electron chi connectivity index (χ2n) is 6.13. The maximum absolute atomic E-state index is 12.0. The number of hydrogen-bond donors (Lipinski definition) is 1. The zero-order chi connectivity index (χ0) is 17.4. The average Bonchev–Trinajstić information content (AvgIpc) is 2.61. The van der Waals surface area contributed by atoms with Crippen molar-refractivity contribution in [3.05, 3.63) is 23.9 Å². The van der Waals surface area contributed by atoms with Crippen molar-refractivity contribution in [2.75, 3.05) is 31.1 Å². The van der Waals surface area contributed by atoms with Crippen molar-refractivity contribution in [2.45, 2.75) is 46.1 Å². The van der Waals surface area contributed by atoms with Gasteiger partial charge >= 0.3 is 0 Å². The summed E-state index contributed by atoms with van der Waals surface area (Å²) in [5, 5.41) is 2.95. The molecule has 0 aromatic carbocycles. The second-order valence-corrected chi connectivity index (χ2v) is 6.13. The zero-order valence-electron chi connectivity index (χ0n) is 14.8. The Morgan fingerprint density at radius 3 is 2.50 bits per heavy atom. The first kappa shape index (κ1) is 18.2. The van der Waals surface area contributed by atoms with Crippen LogP contribution in [0.2, 0.25) is 0 Å². The van der Waals surface area contributed by atoms with Crippen LogP contribution in [0.3, 0.4) is 0 Å². The first-order valence-electron chi connectivity index (χ1n) is 8.89. The van der Waals surface area contributed by atoms with Gasteiger partial charge < -0.3 is 15.1 Å².